The van der Waals surface area contributed by atoms with Crippen molar-refractivity contribution in [3.05, 3.63) is 103 Å². The van der Waals surface area contributed by atoms with E-state index in [1.54, 1.807) is 78.5 Å². The van der Waals surface area contributed by atoms with Gasteiger partial charge in [0, 0.05) is 24.6 Å². The molecule has 0 saturated carbocycles. The first-order chi connectivity index (χ1) is 15.3. The van der Waals surface area contributed by atoms with Crippen molar-refractivity contribution in [3.8, 4) is 11.1 Å². The van der Waals surface area contributed by atoms with E-state index in [1.165, 1.54) is 24.3 Å². The van der Waals surface area contributed by atoms with Gasteiger partial charge in [-0.15, -0.1) is 0 Å². The summed E-state index contributed by atoms with van der Waals surface area (Å²) in [4.78, 5) is 12.4. The first kappa shape index (κ1) is 21.3. The summed E-state index contributed by atoms with van der Waals surface area (Å²) >= 11 is 0. The summed E-state index contributed by atoms with van der Waals surface area (Å²) in [5, 5.41) is 2.77. The van der Waals surface area contributed by atoms with Crippen molar-refractivity contribution in [2.24, 2.45) is 7.05 Å². The second kappa shape index (κ2) is 8.68. The summed E-state index contributed by atoms with van der Waals surface area (Å²) in [6, 6.07) is 22.1. The quantitative estimate of drug-likeness (QED) is 0.440. The zero-order valence-corrected chi connectivity index (χ0v) is 17.9. The minimum atomic E-state index is -3.84. The summed E-state index contributed by atoms with van der Waals surface area (Å²) in [6.45, 7) is 0. The fourth-order valence-corrected chi connectivity index (χ4v) is 4.32. The molecule has 8 heteroatoms. The highest BCUT2D eigenvalue weighted by molar-refractivity contribution is 7.92. The Morgan fingerprint density at radius 3 is 2.19 bits per heavy atom. The van der Waals surface area contributed by atoms with E-state index in [4.69, 9.17) is 0 Å². The number of rotatable bonds is 6. The van der Waals surface area contributed by atoms with E-state index in [9.17, 15) is 17.6 Å². The van der Waals surface area contributed by atoms with E-state index in [2.05, 4.69) is 10.0 Å². The Kier molecular flexibility index (Phi) is 5.79. The molecule has 0 unspecified atom stereocenters. The van der Waals surface area contributed by atoms with Gasteiger partial charge in [-0.25, -0.2) is 12.8 Å². The minimum absolute atomic E-state index is 0.0837. The highest BCUT2D eigenvalue weighted by Gasteiger charge is 2.15. The van der Waals surface area contributed by atoms with Crippen LogP contribution in [0.3, 0.4) is 0 Å². The van der Waals surface area contributed by atoms with Crippen LogP contribution in [0.5, 0.6) is 0 Å². The molecule has 1 aromatic heterocycles. The highest BCUT2D eigenvalue weighted by atomic mass is 32.2. The molecule has 0 aliphatic rings. The molecule has 0 fully saturated rings. The molecule has 0 bridgehead atoms. The normalized spacial score (nSPS) is 11.2. The molecule has 0 radical (unpaired) electrons. The van der Waals surface area contributed by atoms with Gasteiger partial charge in [-0.3, -0.25) is 9.52 Å². The fourth-order valence-electron chi connectivity index (χ4n) is 3.21. The van der Waals surface area contributed by atoms with Gasteiger partial charge in [0.05, 0.1) is 4.90 Å². The van der Waals surface area contributed by atoms with Gasteiger partial charge < -0.3 is 9.88 Å². The average molecular weight is 450 g/mol. The monoisotopic (exact) mass is 449 g/mol. The molecule has 4 aromatic rings. The number of nitrogens with one attached hydrogen (secondary N) is 2. The summed E-state index contributed by atoms with van der Waals surface area (Å²) in [7, 11) is -2.07. The van der Waals surface area contributed by atoms with E-state index in [0.29, 0.717) is 28.2 Å². The molecular formula is C24H20FN3O3S. The summed E-state index contributed by atoms with van der Waals surface area (Å²) < 4.78 is 43.1. The maximum absolute atomic E-state index is 13.2. The van der Waals surface area contributed by atoms with Crippen LogP contribution in [0.15, 0.2) is 96.0 Å². The number of aromatic nitrogens is 1. The molecule has 162 valence electrons. The standard InChI is InChI=1S/C24H20FN3O3S/c1-28-15-3-6-23(28)24(29)26-20-11-13-21(14-12-20)27-32(30,31)22-5-2-4-18(16-22)17-7-9-19(25)10-8-17/h2-16,27H,1H3,(H,26,29). The number of halogens is 1. The Morgan fingerprint density at radius 2 is 1.53 bits per heavy atom. The molecule has 0 aliphatic heterocycles. The van der Waals surface area contributed by atoms with Crippen LogP contribution in [-0.4, -0.2) is 18.9 Å². The highest BCUT2D eigenvalue weighted by Crippen LogP contribution is 2.25. The SMILES string of the molecule is Cn1cccc1C(=O)Nc1ccc(NS(=O)(=O)c2cccc(-c3ccc(F)cc3)c2)cc1. The van der Waals surface area contributed by atoms with Crippen molar-refractivity contribution in [1.82, 2.24) is 4.57 Å². The van der Waals surface area contributed by atoms with Gasteiger partial charge in [0.15, 0.2) is 0 Å². The number of benzene rings is 3. The number of anilines is 2. The number of amides is 1. The Hall–Kier alpha value is -3.91. The van der Waals surface area contributed by atoms with Crippen LogP contribution in [0.25, 0.3) is 11.1 Å². The number of carbonyl (C=O) groups is 1. The van der Waals surface area contributed by atoms with Crippen molar-refractivity contribution in [3.63, 3.8) is 0 Å². The molecule has 3 aromatic carbocycles. The van der Waals surface area contributed by atoms with Gasteiger partial charge in [-0.2, -0.15) is 0 Å². The van der Waals surface area contributed by atoms with Gasteiger partial charge in [0.25, 0.3) is 15.9 Å². The molecule has 6 nitrogen and oxygen atoms in total. The van der Waals surface area contributed by atoms with Gasteiger partial charge in [-0.05, 0) is 71.8 Å². The third kappa shape index (κ3) is 4.70. The van der Waals surface area contributed by atoms with Gasteiger partial charge in [0.2, 0.25) is 0 Å². The molecule has 1 heterocycles. The largest absolute Gasteiger partial charge is 0.347 e. The maximum atomic E-state index is 13.2. The van der Waals surface area contributed by atoms with Crippen LogP contribution >= 0.6 is 0 Å². The van der Waals surface area contributed by atoms with Crippen molar-refractivity contribution in [2.75, 3.05) is 10.0 Å². The lowest BCUT2D eigenvalue weighted by Gasteiger charge is -2.11. The molecule has 1 amide bonds. The topological polar surface area (TPSA) is 80.2 Å². The van der Waals surface area contributed by atoms with E-state index < -0.39 is 10.0 Å². The Bertz CT molecular complexity index is 1360. The number of nitrogens with zero attached hydrogens (tertiary/aromatic N) is 1. The van der Waals surface area contributed by atoms with Crippen LogP contribution in [0.4, 0.5) is 15.8 Å². The average Bonchev–Trinajstić information content (AvgIpc) is 3.21. The van der Waals surface area contributed by atoms with Crippen molar-refractivity contribution >= 4 is 27.3 Å². The number of aryl methyl sites for hydroxylation is 1. The molecule has 32 heavy (non-hydrogen) atoms. The van der Waals surface area contributed by atoms with E-state index in [0.717, 1.165) is 0 Å². The minimum Gasteiger partial charge on any atom is -0.347 e. The second-order valence-electron chi connectivity index (χ2n) is 7.18. The lowest BCUT2D eigenvalue weighted by atomic mass is 10.1. The predicted octanol–water partition coefficient (Wildman–Crippen LogP) is 4.88. The van der Waals surface area contributed by atoms with E-state index in [1.807, 2.05) is 0 Å². The Balaban J connectivity index is 1.49. The zero-order chi connectivity index (χ0) is 22.7. The summed E-state index contributed by atoms with van der Waals surface area (Å²) in [5.74, 6) is -0.620. The van der Waals surface area contributed by atoms with Gasteiger partial charge in [0.1, 0.15) is 11.5 Å². The zero-order valence-electron chi connectivity index (χ0n) is 17.1. The first-order valence-corrected chi connectivity index (χ1v) is 11.2. The fraction of sp³-hybridized carbons (Fsp3) is 0.0417. The maximum Gasteiger partial charge on any atom is 0.272 e. The Labute approximate surface area is 185 Å². The molecule has 0 saturated heterocycles. The molecule has 2 N–H and O–H groups in total. The number of sulfonamides is 1. The van der Waals surface area contributed by atoms with Crippen LogP contribution in [0.1, 0.15) is 10.5 Å². The summed E-state index contributed by atoms with van der Waals surface area (Å²) in [6.07, 6.45) is 1.78. The molecular weight excluding hydrogens is 429 g/mol. The summed E-state index contributed by atoms with van der Waals surface area (Å²) in [5.41, 5.74) is 2.77. The third-order valence-electron chi connectivity index (χ3n) is 4.89. The second-order valence-corrected chi connectivity index (χ2v) is 8.86. The molecule has 0 atom stereocenters. The van der Waals surface area contributed by atoms with Crippen LogP contribution < -0.4 is 10.0 Å². The first-order valence-electron chi connectivity index (χ1n) is 9.73. The lowest BCUT2D eigenvalue weighted by Crippen LogP contribution is -2.15. The molecule has 4 rings (SSSR count). The molecule has 0 spiro atoms. The van der Waals surface area contributed by atoms with Crippen molar-refractivity contribution in [2.45, 2.75) is 4.90 Å². The van der Waals surface area contributed by atoms with Crippen molar-refractivity contribution < 1.29 is 17.6 Å². The molecule has 0 aliphatic carbocycles. The van der Waals surface area contributed by atoms with Crippen LogP contribution in [0.2, 0.25) is 0 Å². The predicted molar refractivity (Wildman–Crippen MR) is 122 cm³/mol. The lowest BCUT2D eigenvalue weighted by molar-refractivity contribution is 0.101. The van der Waals surface area contributed by atoms with Crippen LogP contribution in [-0.2, 0) is 17.1 Å². The number of hydrogen-bond donors (Lipinski definition) is 2. The van der Waals surface area contributed by atoms with Crippen LogP contribution in [0, 0.1) is 5.82 Å². The van der Waals surface area contributed by atoms with Gasteiger partial charge in [-0.1, -0.05) is 24.3 Å². The number of carbonyl (C=O) groups excluding carboxylic acids is 1. The van der Waals surface area contributed by atoms with E-state index in [-0.39, 0.29) is 16.6 Å². The number of hydrogen-bond acceptors (Lipinski definition) is 3. The smallest absolute Gasteiger partial charge is 0.272 e. The van der Waals surface area contributed by atoms with Crippen molar-refractivity contribution in [1.29, 1.82) is 0 Å². The van der Waals surface area contributed by atoms with Gasteiger partial charge >= 0.3 is 0 Å². The van der Waals surface area contributed by atoms with E-state index >= 15 is 0 Å². The third-order valence-corrected chi connectivity index (χ3v) is 6.27. The Morgan fingerprint density at radius 1 is 0.844 bits per heavy atom.